The summed E-state index contributed by atoms with van der Waals surface area (Å²) in [7, 11) is 0. The lowest BCUT2D eigenvalue weighted by Gasteiger charge is -2.41. The van der Waals surface area contributed by atoms with Crippen molar-refractivity contribution in [2.45, 2.75) is 24.0 Å². The number of nitrogens with zero attached hydrogens (tertiary/aromatic N) is 3. The molecular weight excluding hydrogens is 655 g/mol. The minimum Gasteiger partial charge on any atom is -0.333 e. The molecule has 0 aromatic heterocycles. The Balaban J connectivity index is 1.03. The smallest absolute Gasteiger partial charge is 0.154 e. The van der Waals surface area contributed by atoms with E-state index in [4.69, 9.17) is 4.99 Å². The fourth-order valence-electron chi connectivity index (χ4n) is 9.64. The lowest BCUT2D eigenvalue weighted by molar-refractivity contribution is 0.666. The summed E-state index contributed by atoms with van der Waals surface area (Å²) in [4.78, 5) is 10.1. The molecular formula is C51H37N3. The average Bonchev–Trinajstić information content (AvgIpc) is 3.71. The van der Waals surface area contributed by atoms with E-state index < -0.39 is 5.41 Å². The van der Waals surface area contributed by atoms with Crippen LogP contribution in [0.2, 0.25) is 0 Å². The van der Waals surface area contributed by atoms with Crippen molar-refractivity contribution in [3.05, 3.63) is 245 Å². The Morgan fingerprint density at radius 2 is 1.04 bits per heavy atom. The second-order valence-corrected chi connectivity index (χ2v) is 14.6. The normalized spacial score (nSPS) is 18.9. The van der Waals surface area contributed by atoms with Gasteiger partial charge in [-0.25, -0.2) is 4.99 Å². The molecule has 2 aliphatic carbocycles. The molecule has 0 saturated carbocycles. The molecule has 2 atom stereocenters. The van der Waals surface area contributed by atoms with Crippen molar-refractivity contribution >= 4 is 34.0 Å². The van der Waals surface area contributed by atoms with Crippen LogP contribution < -0.4 is 9.80 Å². The van der Waals surface area contributed by atoms with Crippen molar-refractivity contribution in [1.29, 1.82) is 0 Å². The van der Waals surface area contributed by atoms with Gasteiger partial charge in [-0.1, -0.05) is 164 Å². The molecule has 3 heteroatoms. The van der Waals surface area contributed by atoms with Crippen molar-refractivity contribution in [3.8, 4) is 0 Å². The molecule has 3 nitrogen and oxygen atoms in total. The summed E-state index contributed by atoms with van der Waals surface area (Å²) in [5.74, 6) is 1.000. The fraction of sp³-hybridized carbons (Fsp3) is 0.0784. The van der Waals surface area contributed by atoms with Gasteiger partial charge < -0.3 is 4.90 Å². The Hall–Kier alpha value is -6.71. The topological polar surface area (TPSA) is 18.8 Å². The van der Waals surface area contributed by atoms with E-state index in [2.05, 4.69) is 210 Å². The number of anilines is 3. The second kappa shape index (κ2) is 12.2. The number of para-hydroxylation sites is 1. The summed E-state index contributed by atoms with van der Waals surface area (Å²) >= 11 is 0. The van der Waals surface area contributed by atoms with Gasteiger partial charge in [0.1, 0.15) is 5.84 Å². The number of allylic oxidation sites excluding steroid dienone is 2. The highest BCUT2D eigenvalue weighted by molar-refractivity contribution is 6.14. The van der Waals surface area contributed by atoms with Crippen molar-refractivity contribution in [2.24, 2.45) is 4.99 Å². The van der Waals surface area contributed by atoms with E-state index in [1.54, 1.807) is 0 Å². The predicted molar refractivity (Wildman–Crippen MR) is 222 cm³/mol. The van der Waals surface area contributed by atoms with Crippen molar-refractivity contribution in [2.75, 3.05) is 9.80 Å². The van der Waals surface area contributed by atoms with Crippen LogP contribution in [0, 0.1) is 0 Å². The molecule has 0 radical (unpaired) electrons. The molecule has 0 spiro atoms. The third kappa shape index (κ3) is 4.45. The van der Waals surface area contributed by atoms with E-state index in [-0.39, 0.29) is 12.2 Å². The van der Waals surface area contributed by atoms with Gasteiger partial charge in [-0.2, -0.15) is 0 Å². The first kappa shape index (κ1) is 30.9. The number of fused-ring (bicyclic) bond motifs is 5. The maximum absolute atomic E-state index is 5.13. The van der Waals surface area contributed by atoms with E-state index in [0.29, 0.717) is 0 Å². The van der Waals surface area contributed by atoms with Crippen molar-refractivity contribution < 1.29 is 0 Å². The Bertz CT molecular complexity index is 2580. The molecule has 0 amide bonds. The van der Waals surface area contributed by atoms with Gasteiger partial charge >= 0.3 is 0 Å². The van der Waals surface area contributed by atoms with E-state index in [1.807, 2.05) is 0 Å². The molecule has 7 aromatic rings. The Morgan fingerprint density at radius 3 is 1.70 bits per heavy atom. The van der Waals surface area contributed by atoms with Crippen molar-refractivity contribution in [3.63, 3.8) is 0 Å². The summed E-state index contributed by atoms with van der Waals surface area (Å²) in [6, 6.07) is 70.9. The maximum Gasteiger partial charge on any atom is 0.154 e. The fourth-order valence-corrected chi connectivity index (χ4v) is 9.64. The van der Waals surface area contributed by atoms with Crippen LogP contribution in [0.15, 0.2) is 211 Å². The standard InChI is InChI=1S/C51H37N3/c1-5-17-35(18-6-1)49-52-50(36-19-7-2-8-20-36)54(49)40-31-29-39(30-32-40)53-47-28-16-14-26-42(47)44-33-43-41-25-13-15-27-45(41)51(46(43)34-48(44)53,37-21-9-3-10-22-37)38-23-11-4-12-24-38/h1-33,48-49H,34H2. The molecule has 2 heterocycles. The molecule has 0 bridgehead atoms. The molecule has 256 valence electrons. The summed E-state index contributed by atoms with van der Waals surface area (Å²) in [6.07, 6.45) is 3.37. The number of aliphatic imine (C=N–C) groups is 1. The highest BCUT2D eigenvalue weighted by Crippen LogP contribution is 2.61. The summed E-state index contributed by atoms with van der Waals surface area (Å²) in [5, 5.41) is 0. The Labute approximate surface area is 316 Å². The molecule has 4 aliphatic rings. The van der Waals surface area contributed by atoms with Crippen LogP contribution in [0.1, 0.15) is 51.5 Å². The zero-order chi connectivity index (χ0) is 35.6. The van der Waals surface area contributed by atoms with Gasteiger partial charge in [-0.05, 0) is 87.4 Å². The highest BCUT2D eigenvalue weighted by atomic mass is 15.4. The minimum absolute atomic E-state index is 0.0638. The molecule has 0 N–H and O–H groups in total. The zero-order valence-corrected chi connectivity index (χ0v) is 29.8. The minimum atomic E-state index is -0.391. The first-order valence-electron chi connectivity index (χ1n) is 18.9. The predicted octanol–water partition coefficient (Wildman–Crippen LogP) is 11.8. The first-order chi connectivity index (χ1) is 26.8. The van der Waals surface area contributed by atoms with E-state index in [0.717, 1.165) is 23.5 Å². The monoisotopic (exact) mass is 691 g/mol. The second-order valence-electron chi connectivity index (χ2n) is 14.6. The van der Waals surface area contributed by atoms with Gasteiger partial charge in [0.05, 0.1) is 11.5 Å². The molecule has 7 aromatic carbocycles. The third-order valence-electron chi connectivity index (χ3n) is 11.9. The molecule has 2 unspecified atom stereocenters. The Morgan fingerprint density at radius 1 is 0.500 bits per heavy atom. The molecule has 2 aliphatic heterocycles. The van der Waals surface area contributed by atoms with Crippen molar-refractivity contribution in [1.82, 2.24) is 0 Å². The Kier molecular flexibility index (Phi) is 6.96. The highest BCUT2D eigenvalue weighted by Gasteiger charge is 2.51. The van der Waals surface area contributed by atoms with Crippen LogP contribution in [0.5, 0.6) is 0 Å². The van der Waals surface area contributed by atoms with Gasteiger partial charge in [-0.15, -0.1) is 0 Å². The van der Waals surface area contributed by atoms with Crippen LogP contribution in [0.25, 0.3) is 11.1 Å². The number of amidine groups is 1. The van der Waals surface area contributed by atoms with E-state index in [1.165, 1.54) is 61.5 Å². The third-order valence-corrected chi connectivity index (χ3v) is 11.9. The number of hydrogen-bond donors (Lipinski definition) is 0. The van der Waals surface area contributed by atoms with Gasteiger partial charge in [0, 0.05) is 28.2 Å². The van der Waals surface area contributed by atoms with Gasteiger partial charge in [0.15, 0.2) is 6.17 Å². The summed E-state index contributed by atoms with van der Waals surface area (Å²) in [5.41, 5.74) is 16.4. The van der Waals surface area contributed by atoms with Crippen LogP contribution >= 0.6 is 0 Å². The lowest BCUT2D eigenvalue weighted by Crippen LogP contribution is -2.43. The molecule has 11 rings (SSSR count). The molecule has 0 saturated heterocycles. The molecule has 54 heavy (non-hydrogen) atoms. The zero-order valence-electron chi connectivity index (χ0n) is 29.8. The van der Waals surface area contributed by atoms with Crippen LogP contribution in [-0.4, -0.2) is 11.9 Å². The lowest BCUT2D eigenvalue weighted by atomic mass is 9.64. The van der Waals surface area contributed by atoms with Crippen LogP contribution in [0.4, 0.5) is 17.1 Å². The van der Waals surface area contributed by atoms with Gasteiger partial charge in [0.25, 0.3) is 0 Å². The average molecular weight is 692 g/mol. The largest absolute Gasteiger partial charge is 0.333 e. The van der Waals surface area contributed by atoms with Gasteiger partial charge in [-0.3, -0.25) is 4.90 Å². The first-order valence-corrected chi connectivity index (χ1v) is 18.9. The summed E-state index contributed by atoms with van der Waals surface area (Å²) in [6.45, 7) is 0. The number of rotatable bonds is 6. The van der Waals surface area contributed by atoms with Gasteiger partial charge in [0.2, 0.25) is 0 Å². The number of benzene rings is 7. The molecule has 0 fully saturated rings. The SMILES string of the molecule is C1=C2c3ccccc3N(c3ccc(N4C(c5ccccc5)=NC4c4ccccc4)cc3)C2CC2=C1c1ccccc1C2(c1ccccc1)c1ccccc1. The van der Waals surface area contributed by atoms with Crippen LogP contribution in [0.3, 0.4) is 0 Å². The van der Waals surface area contributed by atoms with Crippen LogP contribution in [-0.2, 0) is 5.41 Å². The van der Waals surface area contributed by atoms with E-state index >= 15 is 0 Å². The quantitative estimate of drug-likeness (QED) is 0.173. The summed E-state index contributed by atoms with van der Waals surface area (Å²) < 4.78 is 0. The number of hydrogen-bond acceptors (Lipinski definition) is 3. The van der Waals surface area contributed by atoms with E-state index in [9.17, 15) is 0 Å². The maximum atomic E-state index is 5.13.